The third-order valence-electron chi connectivity index (χ3n) is 3.84. The van der Waals surface area contributed by atoms with Gasteiger partial charge in [0.1, 0.15) is 0 Å². The fraction of sp³-hybridized carbons (Fsp3) is 0.429. The van der Waals surface area contributed by atoms with Crippen LogP contribution in [0.4, 0.5) is 0 Å². The molecule has 0 aliphatic heterocycles. The van der Waals surface area contributed by atoms with E-state index in [9.17, 15) is 0 Å². The van der Waals surface area contributed by atoms with Gasteiger partial charge in [-0.15, -0.1) is 0 Å². The first kappa shape index (κ1) is 18.4. The molecule has 1 nitrogen and oxygen atoms in total. The van der Waals surface area contributed by atoms with E-state index in [1.165, 1.54) is 22.3 Å². The van der Waals surface area contributed by atoms with Crippen molar-refractivity contribution in [2.45, 2.75) is 52.4 Å². The molecule has 1 heteroatoms. The molecule has 0 saturated heterocycles. The van der Waals surface area contributed by atoms with Crippen LogP contribution in [0.25, 0.3) is 11.1 Å². The number of aliphatic hydroxyl groups is 1. The highest BCUT2D eigenvalue weighted by Crippen LogP contribution is 2.28. The molecule has 2 rings (SSSR count). The van der Waals surface area contributed by atoms with Gasteiger partial charge in [0.25, 0.3) is 0 Å². The summed E-state index contributed by atoms with van der Waals surface area (Å²) >= 11 is 0. The molecule has 0 fully saturated rings. The minimum Gasteiger partial charge on any atom is -0.400 e. The zero-order valence-electron chi connectivity index (χ0n) is 15.1. The Hall–Kier alpha value is -1.60. The first-order valence-corrected chi connectivity index (χ1v) is 7.84. The summed E-state index contributed by atoms with van der Waals surface area (Å²) < 4.78 is 0. The van der Waals surface area contributed by atoms with E-state index in [0.717, 1.165) is 7.11 Å². The molecule has 0 saturated carbocycles. The second-order valence-corrected chi connectivity index (χ2v) is 7.65. The van der Waals surface area contributed by atoms with Crippen molar-refractivity contribution in [3.63, 3.8) is 0 Å². The van der Waals surface area contributed by atoms with E-state index in [2.05, 4.69) is 90.1 Å². The fourth-order valence-electron chi connectivity index (χ4n) is 2.33. The van der Waals surface area contributed by atoms with Gasteiger partial charge < -0.3 is 5.11 Å². The van der Waals surface area contributed by atoms with E-state index < -0.39 is 0 Å². The van der Waals surface area contributed by atoms with Crippen molar-refractivity contribution < 1.29 is 5.11 Å². The van der Waals surface area contributed by atoms with Gasteiger partial charge in [0.05, 0.1) is 0 Å². The third kappa shape index (κ3) is 4.71. The van der Waals surface area contributed by atoms with Crippen LogP contribution in [-0.2, 0) is 10.8 Å². The van der Waals surface area contributed by atoms with Crippen LogP contribution in [0.3, 0.4) is 0 Å². The van der Waals surface area contributed by atoms with Gasteiger partial charge in [-0.3, -0.25) is 0 Å². The molecule has 0 amide bonds. The van der Waals surface area contributed by atoms with E-state index in [-0.39, 0.29) is 10.8 Å². The number of hydrogen-bond donors (Lipinski definition) is 1. The lowest BCUT2D eigenvalue weighted by Gasteiger charge is -2.20. The maximum absolute atomic E-state index is 7.00. The number of benzene rings is 2. The minimum absolute atomic E-state index is 0.217. The van der Waals surface area contributed by atoms with Crippen molar-refractivity contribution in [3.05, 3.63) is 59.7 Å². The quantitative estimate of drug-likeness (QED) is 0.731. The van der Waals surface area contributed by atoms with Crippen LogP contribution in [0.5, 0.6) is 0 Å². The zero-order chi connectivity index (χ0) is 17.0. The molecular weight excluding hydrogens is 268 g/mol. The van der Waals surface area contributed by atoms with Crippen LogP contribution < -0.4 is 0 Å². The van der Waals surface area contributed by atoms with Gasteiger partial charge in [-0.05, 0) is 33.1 Å². The Morgan fingerprint density at radius 3 is 0.909 bits per heavy atom. The fourth-order valence-corrected chi connectivity index (χ4v) is 2.33. The Balaban J connectivity index is 0.00000116. The third-order valence-corrected chi connectivity index (χ3v) is 3.84. The van der Waals surface area contributed by atoms with Crippen LogP contribution in [0, 0.1) is 0 Å². The Labute approximate surface area is 136 Å². The molecule has 0 heterocycles. The first-order chi connectivity index (χ1) is 10.2. The first-order valence-electron chi connectivity index (χ1n) is 7.84. The van der Waals surface area contributed by atoms with Gasteiger partial charge in [-0.2, -0.15) is 0 Å². The lowest BCUT2D eigenvalue weighted by Crippen LogP contribution is -2.10. The maximum Gasteiger partial charge on any atom is 0.0319 e. The maximum atomic E-state index is 7.00. The summed E-state index contributed by atoms with van der Waals surface area (Å²) in [4.78, 5) is 0. The summed E-state index contributed by atoms with van der Waals surface area (Å²) in [6.07, 6.45) is 0. The summed E-state index contributed by atoms with van der Waals surface area (Å²) in [6, 6.07) is 17.9. The van der Waals surface area contributed by atoms with E-state index in [0.29, 0.717) is 0 Å². The van der Waals surface area contributed by atoms with Gasteiger partial charge in [-0.1, -0.05) is 90.1 Å². The Morgan fingerprint density at radius 1 is 0.500 bits per heavy atom. The second kappa shape index (κ2) is 7.11. The number of rotatable bonds is 1. The second-order valence-electron chi connectivity index (χ2n) is 7.65. The minimum atomic E-state index is 0.217. The molecule has 0 bridgehead atoms. The Morgan fingerprint density at radius 2 is 0.727 bits per heavy atom. The zero-order valence-corrected chi connectivity index (χ0v) is 15.1. The summed E-state index contributed by atoms with van der Waals surface area (Å²) in [6.45, 7) is 13.5. The molecule has 2 aromatic rings. The standard InChI is InChI=1S/C20H26.CH4O/c1-19(2,3)17-11-7-15(8-12-17)16-9-13-18(14-10-16)20(4,5)6;1-2/h7-14H,1-6H3;2H,1H3. The smallest absolute Gasteiger partial charge is 0.0319 e. The van der Waals surface area contributed by atoms with Gasteiger partial charge in [0, 0.05) is 7.11 Å². The molecular formula is C21H30O. The SMILES string of the molecule is CC(C)(C)c1ccc(-c2ccc(C(C)(C)C)cc2)cc1.CO. The molecule has 0 aromatic heterocycles. The van der Waals surface area contributed by atoms with E-state index >= 15 is 0 Å². The Bertz CT molecular complexity index is 508. The highest BCUT2D eigenvalue weighted by molar-refractivity contribution is 5.64. The van der Waals surface area contributed by atoms with Crippen molar-refractivity contribution in [1.82, 2.24) is 0 Å². The molecule has 1 N–H and O–H groups in total. The number of aliphatic hydroxyl groups excluding tert-OH is 1. The van der Waals surface area contributed by atoms with Crippen LogP contribution in [0.1, 0.15) is 52.7 Å². The highest BCUT2D eigenvalue weighted by atomic mass is 16.2. The van der Waals surface area contributed by atoms with Crippen LogP contribution >= 0.6 is 0 Å². The van der Waals surface area contributed by atoms with Gasteiger partial charge in [0.15, 0.2) is 0 Å². The molecule has 120 valence electrons. The highest BCUT2D eigenvalue weighted by Gasteiger charge is 2.14. The molecule has 0 spiro atoms. The molecule has 2 aromatic carbocycles. The van der Waals surface area contributed by atoms with Crippen molar-refractivity contribution in [2.24, 2.45) is 0 Å². The van der Waals surface area contributed by atoms with Crippen molar-refractivity contribution in [3.8, 4) is 11.1 Å². The lowest BCUT2D eigenvalue weighted by molar-refractivity contribution is 0.399. The van der Waals surface area contributed by atoms with Crippen molar-refractivity contribution in [1.29, 1.82) is 0 Å². The molecule has 0 unspecified atom stereocenters. The van der Waals surface area contributed by atoms with Crippen LogP contribution in [0.15, 0.2) is 48.5 Å². The lowest BCUT2D eigenvalue weighted by atomic mass is 9.85. The van der Waals surface area contributed by atoms with E-state index in [4.69, 9.17) is 5.11 Å². The van der Waals surface area contributed by atoms with Crippen LogP contribution in [0.2, 0.25) is 0 Å². The molecule has 0 radical (unpaired) electrons. The summed E-state index contributed by atoms with van der Waals surface area (Å²) in [7, 11) is 1.00. The molecule has 0 aliphatic carbocycles. The Kier molecular flexibility index (Phi) is 5.96. The van der Waals surface area contributed by atoms with Crippen LogP contribution in [-0.4, -0.2) is 12.2 Å². The average molecular weight is 298 g/mol. The van der Waals surface area contributed by atoms with E-state index in [1.807, 2.05) is 0 Å². The van der Waals surface area contributed by atoms with Gasteiger partial charge in [-0.25, -0.2) is 0 Å². The summed E-state index contributed by atoms with van der Waals surface area (Å²) in [5.74, 6) is 0. The van der Waals surface area contributed by atoms with Gasteiger partial charge in [0.2, 0.25) is 0 Å². The predicted octanol–water partition coefficient (Wildman–Crippen LogP) is 5.56. The summed E-state index contributed by atoms with van der Waals surface area (Å²) in [5, 5.41) is 7.00. The predicted molar refractivity (Wildman–Crippen MR) is 97.4 cm³/mol. The molecule has 0 aliphatic rings. The molecule has 22 heavy (non-hydrogen) atoms. The van der Waals surface area contributed by atoms with E-state index in [1.54, 1.807) is 0 Å². The number of hydrogen-bond acceptors (Lipinski definition) is 1. The summed E-state index contributed by atoms with van der Waals surface area (Å²) in [5.41, 5.74) is 5.78. The molecule has 0 atom stereocenters. The van der Waals surface area contributed by atoms with Crippen molar-refractivity contribution in [2.75, 3.05) is 7.11 Å². The largest absolute Gasteiger partial charge is 0.400 e. The van der Waals surface area contributed by atoms with Gasteiger partial charge >= 0.3 is 0 Å². The van der Waals surface area contributed by atoms with Crippen molar-refractivity contribution >= 4 is 0 Å². The topological polar surface area (TPSA) is 20.2 Å². The average Bonchev–Trinajstić information content (AvgIpc) is 2.48. The monoisotopic (exact) mass is 298 g/mol. The normalized spacial score (nSPS) is 11.6.